The number of thiocarbonyl (C=S) groups is 1. The molecule has 0 atom stereocenters. The van der Waals surface area contributed by atoms with Crippen LogP contribution >= 0.6 is 12.2 Å². The summed E-state index contributed by atoms with van der Waals surface area (Å²) in [7, 11) is 0. The van der Waals surface area contributed by atoms with Gasteiger partial charge in [-0.05, 0) is 12.5 Å². The summed E-state index contributed by atoms with van der Waals surface area (Å²) in [5.74, 6) is 0.816. The van der Waals surface area contributed by atoms with Crippen LogP contribution in [0.1, 0.15) is 18.9 Å². The summed E-state index contributed by atoms with van der Waals surface area (Å²) in [5, 5.41) is 8.04. The lowest BCUT2D eigenvalue weighted by atomic mass is 10.2. The van der Waals surface area contributed by atoms with Crippen LogP contribution < -0.4 is 10.6 Å². The van der Waals surface area contributed by atoms with Gasteiger partial charge in [-0.1, -0.05) is 12.2 Å². The Hall–Kier alpha value is -1.76. The van der Waals surface area contributed by atoms with Crippen LogP contribution in [0.2, 0.25) is 0 Å². The van der Waals surface area contributed by atoms with Crippen LogP contribution in [0.25, 0.3) is 0 Å². The Labute approximate surface area is 117 Å². The molecular formula is C12H17N5OS. The number of nitrogens with zero attached hydrogens (tertiary/aromatic N) is 4. The highest BCUT2D eigenvalue weighted by molar-refractivity contribution is 7.80. The molecular weight excluding hydrogens is 262 g/mol. The van der Waals surface area contributed by atoms with Crippen molar-refractivity contribution in [2.45, 2.75) is 13.3 Å². The van der Waals surface area contributed by atoms with Gasteiger partial charge in [0.2, 0.25) is 5.91 Å². The molecule has 2 heterocycles. The third kappa shape index (κ3) is 3.17. The summed E-state index contributed by atoms with van der Waals surface area (Å²) < 4.78 is 0. The van der Waals surface area contributed by atoms with Gasteiger partial charge in [0.1, 0.15) is 4.99 Å². The van der Waals surface area contributed by atoms with Gasteiger partial charge in [0.15, 0.2) is 5.82 Å². The number of anilines is 1. The molecule has 6 nitrogen and oxygen atoms in total. The number of amides is 1. The van der Waals surface area contributed by atoms with Gasteiger partial charge in [-0.2, -0.15) is 5.10 Å². The first-order chi connectivity index (χ1) is 9.09. The second kappa shape index (κ2) is 5.92. The summed E-state index contributed by atoms with van der Waals surface area (Å²) in [4.78, 5) is 15.7. The molecule has 1 saturated heterocycles. The number of hydrogen-bond acceptors (Lipinski definition) is 5. The minimum atomic E-state index is 0.107. The van der Waals surface area contributed by atoms with E-state index in [9.17, 15) is 4.79 Å². The number of aromatic nitrogens is 2. The fourth-order valence-electron chi connectivity index (χ4n) is 2.19. The molecule has 2 rings (SSSR count). The van der Waals surface area contributed by atoms with Crippen molar-refractivity contribution in [1.29, 1.82) is 0 Å². The smallest absolute Gasteiger partial charge is 0.219 e. The van der Waals surface area contributed by atoms with Gasteiger partial charge < -0.3 is 15.5 Å². The quantitative estimate of drug-likeness (QED) is 0.778. The number of rotatable bonds is 2. The molecule has 1 aliphatic heterocycles. The lowest BCUT2D eigenvalue weighted by molar-refractivity contribution is -0.128. The van der Waals surface area contributed by atoms with Crippen molar-refractivity contribution in [1.82, 2.24) is 15.1 Å². The second-order valence-corrected chi connectivity index (χ2v) is 4.92. The highest BCUT2D eigenvalue weighted by Crippen LogP contribution is 2.18. The standard InChI is InChI=1S/C12H17N5OS/c1-9(18)16-5-2-6-17(8-7-16)12-10(11(13)19)3-4-14-15-12/h3-4H,2,5-8H2,1H3,(H2,13,19). The highest BCUT2D eigenvalue weighted by atomic mass is 32.1. The first-order valence-electron chi connectivity index (χ1n) is 6.21. The molecule has 1 aliphatic rings. The summed E-state index contributed by atoms with van der Waals surface area (Å²) in [6.45, 7) is 4.58. The monoisotopic (exact) mass is 279 g/mol. The minimum Gasteiger partial charge on any atom is -0.389 e. The lowest BCUT2D eigenvalue weighted by Crippen LogP contribution is -2.34. The Morgan fingerprint density at radius 3 is 2.84 bits per heavy atom. The number of nitrogens with two attached hydrogens (primary N) is 1. The maximum atomic E-state index is 11.4. The van der Waals surface area contributed by atoms with Crippen molar-refractivity contribution in [3.8, 4) is 0 Å². The zero-order valence-electron chi connectivity index (χ0n) is 10.9. The average molecular weight is 279 g/mol. The van der Waals surface area contributed by atoms with Gasteiger partial charge >= 0.3 is 0 Å². The molecule has 1 aromatic rings. The molecule has 1 fully saturated rings. The SMILES string of the molecule is CC(=O)N1CCCN(c2nnccc2C(N)=S)CC1. The van der Waals surface area contributed by atoms with Crippen molar-refractivity contribution >= 4 is 28.9 Å². The highest BCUT2D eigenvalue weighted by Gasteiger charge is 2.20. The van der Waals surface area contributed by atoms with Crippen LogP contribution in [0.3, 0.4) is 0 Å². The molecule has 102 valence electrons. The van der Waals surface area contributed by atoms with Gasteiger partial charge in [0.25, 0.3) is 0 Å². The molecule has 0 aromatic carbocycles. The molecule has 2 N–H and O–H groups in total. The van der Waals surface area contributed by atoms with E-state index in [-0.39, 0.29) is 5.91 Å². The number of hydrogen-bond donors (Lipinski definition) is 1. The Kier molecular flexibility index (Phi) is 4.26. The molecule has 0 saturated carbocycles. The van der Waals surface area contributed by atoms with Crippen LogP contribution in [-0.2, 0) is 4.79 Å². The number of carbonyl (C=O) groups is 1. The van der Waals surface area contributed by atoms with E-state index < -0.39 is 0 Å². The molecule has 0 unspecified atom stereocenters. The normalized spacial score (nSPS) is 16.1. The molecule has 1 aromatic heterocycles. The first kappa shape index (κ1) is 13.7. The van der Waals surface area contributed by atoms with Crippen molar-refractivity contribution in [3.05, 3.63) is 17.8 Å². The first-order valence-corrected chi connectivity index (χ1v) is 6.62. The Morgan fingerprint density at radius 1 is 1.37 bits per heavy atom. The van der Waals surface area contributed by atoms with E-state index in [0.29, 0.717) is 23.9 Å². The largest absolute Gasteiger partial charge is 0.389 e. The lowest BCUT2D eigenvalue weighted by Gasteiger charge is -2.23. The predicted octanol–water partition coefficient (Wildman–Crippen LogP) is 0.169. The van der Waals surface area contributed by atoms with Crippen LogP contribution in [-0.4, -0.2) is 52.2 Å². The van der Waals surface area contributed by atoms with Gasteiger partial charge in [-0.3, -0.25) is 4.79 Å². The van der Waals surface area contributed by atoms with Gasteiger partial charge in [-0.15, -0.1) is 5.10 Å². The van der Waals surface area contributed by atoms with Crippen molar-refractivity contribution < 1.29 is 4.79 Å². The van der Waals surface area contributed by atoms with E-state index in [1.807, 2.05) is 4.90 Å². The third-order valence-electron chi connectivity index (χ3n) is 3.21. The topological polar surface area (TPSA) is 75.4 Å². The van der Waals surface area contributed by atoms with E-state index in [2.05, 4.69) is 15.1 Å². The fourth-order valence-corrected chi connectivity index (χ4v) is 2.35. The van der Waals surface area contributed by atoms with E-state index in [1.54, 1.807) is 19.2 Å². The fraction of sp³-hybridized carbons (Fsp3) is 0.500. The molecule has 0 bridgehead atoms. The predicted molar refractivity (Wildman–Crippen MR) is 77.0 cm³/mol. The third-order valence-corrected chi connectivity index (χ3v) is 3.43. The average Bonchev–Trinajstić information content (AvgIpc) is 2.64. The zero-order valence-corrected chi connectivity index (χ0v) is 11.7. The Morgan fingerprint density at radius 2 is 2.16 bits per heavy atom. The Bertz CT molecular complexity index is 493. The molecule has 0 radical (unpaired) electrons. The molecule has 19 heavy (non-hydrogen) atoms. The van der Waals surface area contributed by atoms with Crippen molar-refractivity contribution in [3.63, 3.8) is 0 Å². The van der Waals surface area contributed by atoms with Gasteiger partial charge in [-0.25, -0.2) is 0 Å². The minimum absolute atomic E-state index is 0.107. The van der Waals surface area contributed by atoms with Crippen LogP contribution in [0, 0.1) is 0 Å². The second-order valence-electron chi connectivity index (χ2n) is 4.48. The summed E-state index contributed by atoms with van der Waals surface area (Å²) >= 11 is 5.04. The van der Waals surface area contributed by atoms with E-state index >= 15 is 0 Å². The Balaban J connectivity index is 2.19. The van der Waals surface area contributed by atoms with Crippen molar-refractivity contribution in [2.24, 2.45) is 5.73 Å². The molecule has 7 heteroatoms. The molecule has 1 amide bonds. The summed E-state index contributed by atoms with van der Waals surface area (Å²) in [5.41, 5.74) is 6.45. The van der Waals surface area contributed by atoms with E-state index in [4.69, 9.17) is 18.0 Å². The summed E-state index contributed by atoms with van der Waals surface area (Å²) in [6.07, 6.45) is 2.48. The summed E-state index contributed by atoms with van der Waals surface area (Å²) in [6, 6.07) is 1.78. The van der Waals surface area contributed by atoms with Crippen LogP contribution in [0.15, 0.2) is 12.3 Å². The maximum absolute atomic E-state index is 11.4. The maximum Gasteiger partial charge on any atom is 0.219 e. The van der Waals surface area contributed by atoms with Gasteiger partial charge in [0.05, 0.1) is 11.8 Å². The van der Waals surface area contributed by atoms with E-state index in [1.165, 1.54) is 0 Å². The number of carbonyl (C=O) groups excluding carboxylic acids is 1. The molecule has 0 aliphatic carbocycles. The van der Waals surface area contributed by atoms with Crippen molar-refractivity contribution in [2.75, 3.05) is 31.1 Å². The van der Waals surface area contributed by atoms with Crippen LogP contribution in [0.5, 0.6) is 0 Å². The van der Waals surface area contributed by atoms with E-state index in [0.717, 1.165) is 25.1 Å². The van der Waals surface area contributed by atoms with Gasteiger partial charge in [0, 0.05) is 33.1 Å². The molecule has 0 spiro atoms. The van der Waals surface area contributed by atoms with Crippen LogP contribution in [0.4, 0.5) is 5.82 Å². The zero-order chi connectivity index (χ0) is 13.8.